The van der Waals surface area contributed by atoms with Crippen LogP contribution in [0.15, 0.2) is 0 Å². The van der Waals surface area contributed by atoms with Gasteiger partial charge in [0.15, 0.2) is 0 Å². The molecule has 0 aromatic heterocycles. The maximum atomic E-state index is 2.29. The lowest BCUT2D eigenvalue weighted by Gasteiger charge is -2.30. The van der Waals surface area contributed by atoms with Crippen LogP contribution in [0.4, 0.5) is 0 Å². The Balaban J connectivity index is 0. The molecule has 9 heavy (non-hydrogen) atoms. The Morgan fingerprint density at radius 3 is 1.11 bits per heavy atom. The van der Waals surface area contributed by atoms with Crippen LogP contribution in [0.25, 0.3) is 0 Å². The second kappa shape index (κ2) is 4.86. The van der Waals surface area contributed by atoms with Crippen LogP contribution in [0.5, 0.6) is 0 Å². The normalized spacial score (nSPS) is 10.7. The first-order valence-corrected chi connectivity index (χ1v) is 3.52. The minimum atomic E-state index is 0. The van der Waals surface area contributed by atoms with Crippen LogP contribution in [0.2, 0.25) is 0 Å². The van der Waals surface area contributed by atoms with Crippen LogP contribution >= 0.6 is 0 Å². The zero-order valence-electron chi connectivity index (χ0n) is 6.57. The predicted octanol–water partition coefficient (Wildman–Crippen LogP) is 0.0411. The molecule has 1 nitrogen and oxygen atoms in total. The summed E-state index contributed by atoms with van der Waals surface area (Å²) in [6, 6.07) is 0. The zero-order chi connectivity index (χ0) is 6.62. The van der Waals surface area contributed by atoms with Crippen molar-refractivity contribution in [3.05, 3.63) is 0 Å². The molecule has 0 radical (unpaired) electrons. The van der Waals surface area contributed by atoms with Crippen LogP contribution < -0.4 is 0 Å². The molecule has 0 N–H and O–H groups in total. The highest BCUT2D eigenvalue weighted by Crippen LogP contribution is 1.97. The summed E-state index contributed by atoms with van der Waals surface area (Å²) in [5.74, 6) is 0. The molecule has 0 aliphatic carbocycles. The van der Waals surface area contributed by atoms with Gasteiger partial charge in [-0.05, 0) is 20.8 Å². The molecule has 2 heteroatoms. The third kappa shape index (κ3) is 3.58. The van der Waals surface area contributed by atoms with Crippen molar-refractivity contribution >= 4 is 8.41 Å². The van der Waals surface area contributed by atoms with E-state index in [0.717, 1.165) is 0 Å². The van der Waals surface area contributed by atoms with E-state index in [2.05, 4.69) is 27.8 Å². The molecule has 0 aromatic rings. The third-order valence-corrected chi connectivity index (χ3v) is 2.29. The highest BCUT2D eigenvalue weighted by molar-refractivity contribution is 5.75. The van der Waals surface area contributed by atoms with E-state index in [9.17, 15) is 0 Å². The molecule has 0 heterocycles. The van der Waals surface area contributed by atoms with Gasteiger partial charge in [0.1, 0.15) is 0 Å². The lowest BCUT2D eigenvalue weighted by molar-refractivity contribution is -0.904. The lowest BCUT2D eigenvalue weighted by atomic mass is 10.4. The van der Waals surface area contributed by atoms with Gasteiger partial charge < -0.3 is 4.48 Å². The van der Waals surface area contributed by atoms with Crippen LogP contribution in [-0.4, -0.2) is 39.6 Å². The molecule has 0 atom stereocenters. The highest BCUT2D eigenvalue weighted by atomic mass is 15.3. The summed E-state index contributed by atoms with van der Waals surface area (Å²) in [6.07, 6.45) is 0. The molecule has 0 aliphatic heterocycles. The van der Waals surface area contributed by atoms with Gasteiger partial charge in [0.05, 0.1) is 26.7 Å². The summed E-state index contributed by atoms with van der Waals surface area (Å²) in [6.45, 7) is 10.5. The zero-order valence-corrected chi connectivity index (χ0v) is 6.57. The second-order valence-corrected chi connectivity index (χ2v) is 2.57. The monoisotopic (exact) mass is 131 g/mol. The van der Waals surface area contributed by atoms with Crippen molar-refractivity contribution in [3.8, 4) is 0 Å². The molecule has 0 amide bonds. The summed E-state index contributed by atoms with van der Waals surface area (Å²) in [5, 5.41) is 0. The molecule has 0 spiro atoms. The van der Waals surface area contributed by atoms with Gasteiger partial charge in [-0.2, -0.15) is 0 Å². The molecular formula is C7H22BN. The van der Waals surface area contributed by atoms with Crippen LogP contribution in [0.1, 0.15) is 20.8 Å². The molecule has 0 saturated heterocycles. The fourth-order valence-corrected chi connectivity index (χ4v) is 0.671. The number of hydrogen-bond donors (Lipinski definition) is 0. The topological polar surface area (TPSA) is 0 Å². The molecule has 0 saturated carbocycles. The van der Waals surface area contributed by atoms with E-state index in [0.29, 0.717) is 0 Å². The van der Waals surface area contributed by atoms with E-state index >= 15 is 0 Å². The number of nitrogens with zero attached hydrogens (tertiary/aromatic N) is 1. The first kappa shape index (κ1) is 11.8. The summed E-state index contributed by atoms with van der Waals surface area (Å²) in [5.41, 5.74) is 0. The number of rotatable bonds is 3. The van der Waals surface area contributed by atoms with Crippen molar-refractivity contribution in [2.24, 2.45) is 0 Å². The molecule has 0 bridgehead atoms. The van der Waals surface area contributed by atoms with Crippen molar-refractivity contribution in [2.75, 3.05) is 26.7 Å². The molecule has 0 aromatic carbocycles. The van der Waals surface area contributed by atoms with E-state index in [1.54, 1.807) is 0 Å². The van der Waals surface area contributed by atoms with Crippen LogP contribution in [0.3, 0.4) is 0 Å². The first-order chi connectivity index (χ1) is 3.68. The van der Waals surface area contributed by atoms with Gasteiger partial charge in [-0.3, -0.25) is 0 Å². The van der Waals surface area contributed by atoms with Crippen molar-refractivity contribution in [1.29, 1.82) is 0 Å². The molecule has 0 aliphatic rings. The largest absolute Gasteiger partial charge is 0.327 e. The molecule has 0 fully saturated rings. The van der Waals surface area contributed by atoms with E-state index in [1.807, 2.05) is 0 Å². The predicted molar refractivity (Wildman–Crippen MR) is 49.1 cm³/mol. The fraction of sp³-hybridized carbons (Fsp3) is 1.00. The van der Waals surface area contributed by atoms with Gasteiger partial charge in [0, 0.05) is 0 Å². The Morgan fingerprint density at radius 1 is 0.889 bits per heavy atom. The Hall–Kier alpha value is 0.0249. The van der Waals surface area contributed by atoms with Gasteiger partial charge >= 0.3 is 0 Å². The van der Waals surface area contributed by atoms with Gasteiger partial charge in [0.25, 0.3) is 0 Å². The Kier molecular flexibility index (Phi) is 6.36. The number of quaternary nitrogens is 1. The lowest BCUT2D eigenvalue weighted by Crippen LogP contribution is -2.42. The van der Waals surface area contributed by atoms with Crippen molar-refractivity contribution in [1.82, 2.24) is 0 Å². The molecule has 0 rings (SSSR count). The first-order valence-electron chi connectivity index (χ1n) is 3.52. The minimum absolute atomic E-state index is 0. The van der Waals surface area contributed by atoms with E-state index in [1.165, 1.54) is 24.1 Å². The average Bonchev–Trinajstić information content (AvgIpc) is 1.87. The van der Waals surface area contributed by atoms with Gasteiger partial charge in [-0.1, -0.05) is 8.41 Å². The quantitative estimate of drug-likeness (QED) is 0.374. The van der Waals surface area contributed by atoms with Crippen LogP contribution in [0, 0.1) is 0 Å². The van der Waals surface area contributed by atoms with E-state index in [4.69, 9.17) is 0 Å². The van der Waals surface area contributed by atoms with Gasteiger partial charge in [-0.25, -0.2) is 0 Å². The van der Waals surface area contributed by atoms with Crippen molar-refractivity contribution in [2.45, 2.75) is 20.8 Å². The Bertz CT molecular complexity index is 51.7. The van der Waals surface area contributed by atoms with Gasteiger partial charge in [0.2, 0.25) is 0 Å². The summed E-state index contributed by atoms with van der Waals surface area (Å²) < 4.78 is 1.21. The Morgan fingerprint density at radius 2 is 1.11 bits per heavy atom. The molecular weight excluding hydrogens is 109 g/mol. The average molecular weight is 131 g/mol. The van der Waals surface area contributed by atoms with E-state index < -0.39 is 0 Å². The minimum Gasteiger partial charge on any atom is -0.327 e. The third-order valence-electron chi connectivity index (χ3n) is 2.29. The maximum Gasteiger partial charge on any atom is 0.0755 e. The number of hydrogen-bond acceptors (Lipinski definition) is 0. The fourth-order valence-electron chi connectivity index (χ4n) is 0.671. The van der Waals surface area contributed by atoms with Crippen LogP contribution in [-0.2, 0) is 0 Å². The highest BCUT2D eigenvalue weighted by Gasteiger charge is 2.10. The molecule has 58 valence electrons. The Labute approximate surface area is 61.2 Å². The summed E-state index contributed by atoms with van der Waals surface area (Å²) >= 11 is 0. The van der Waals surface area contributed by atoms with E-state index in [-0.39, 0.29) is 8.41 Å². The smallest absolute Gasteiger partial charge is 0.0755 e. The standard InChI is InChI=1S/C7H18N.BH4/c1-5-8(4,6-2)7-3;/h5-7H2,1-4H3;1H4/q+1;-1. The van der Waals surface area contributed by atoms with Crippen molar-refractivity contribution in [3.63, 3.8) is 0 Å². The molecule has 0 unspecified atom stereocenters. The van der Waals surface area contributed by atoms with Crippen molar-refractivity contribution < 1.29 is 4.48 Å². The summed E-state index contributed by atoms with van der Waals surface area (Å²) in [4.78, 5) is 0. The van der Waals surface area contributed by atoms with Gasteiger partial charge in [-0.15, -0.1) is 0 Å². The SMILES string of the molecule is CC[N+](C)(CC)CC.[BH4-]. The summed E-state index contributed by atoms with van der Waals surface area (Å²) in [7, 11) is 2.29. The maximum absolute atomic E-state index is 2.29. The second-order valence-electron chi connectivity index (χ2n) is 2.57.